The molecule has 0 saturated heterocycles. The Morgan fingerprint density at radius 3 is 2.55 bits per heavy atom. The van der Waals surface area contributed by atoms with Crippen LogP contribution in [0.5, 0.6) is 0 Å². The number of nitrogens with one attached hydrogen (secondary N) is 1. The van der Waals surface area contributed by atoms with E-state index in [4.69, 9.17) is 4.55 Å². The predicted octanol–water partition coefficient (Wildman–Crippen LogP) is -2.02. The first-order valence-electron chi connectivity index (χ1n) is 2.18. The molecule has 7 nitrogen and oxygen atoms in total. The Hall–Kier alpha value is -0.150. The van der Waals surface area contributed by atoms with Crippen LogP contribution in [0.1, 0.15) is 0 Å². The van der Waals surface area contributed by atoms with Crippen molar-refractivity contribution in [1.82, 2.24) is 14.9 Å². The molecular formula is C2H5N4NaO3S. The summed E-state index contributed by atoms with van der Waals surface area (Å²) in [6, 6.07) is 0. The van der Waals surface area contributed by atoms with Gasteiger partial charge in [-0.3, -0.25) is 4.55 Å². The SMILES string of the molecule is O=S(=O)(O)Nn1cncn1.[NaH]. The molecular weight excluding hydrogens is 183 g/mol. The fraction of sp³-hybridized carbons (Fsp3) is 0. The molecule has 0 unspecified atom stereocenters. The van der Waals surface area contributed by atoms with Crippen molar-refractivity contribution in [3.63, 3.8) is 0 Å². The zero-order chi connectivity index (χ0) is 7.61. The first-order chi connectivity index (χ1) is 4.58. The zero-order valence-corrected chi connectivity index (χ0v) is 5.48. The maximum atomic E-state index is 10.1. The Morgan fingerprint density at radius 2 is 2.18 bits per heavy atom. The van der Waals surface area contributed by atoms with Gasteiger partial charge in [-0.15, -0.1) is 5.10 Å². The minimum absolute atomic E-state index is 0. The first-order valence-corrected chi connectivity index (χ1v) is 3.62. The average Bonchev–Trinajstić information content (AvgIpc) is 2.12. The number of aromatic nitrogens is 3. The Kier molecular flexibility index (Phi) is 3.97. The quantitative estimate of drug-likeness (QED) is 0.412. The number of nitrogens with zero attached hydrogens (tertiary/aromatic N) is 3. The third-order valence-electron chi connectivity index (χ3n) is 0.628. The van der Waals surface area contributed by atoms with Gasteiger partial charge >= 0.3 is 39.9 Å². The van der Waals surface area contributed by atoms with Crippen molar-refractivity contribution in [3.8, 4) is 0 Å². The van der Waals surface area contributed by atoms with Crippen molar-refractivity contribution in [2.45, 2.75) is 0 Å². The maximum absolute atomic E-state index is 10.1. The Bertz CT molecular complexity index is 293. The van der Waals surface area contributed by atoms with Crippen molar-refractivity contribution in [3.05, 3.63) is 12.7 Å². The monoisotopic (exact) mass is 188 g/mol. The molecule has 2 N–H and O–H groups in total. The topological polar surface area (TPSA) is 97.1 Å². The van der Waals surface area contributed by atoms with Gasteiger partial charge in [-0.25, -0.2) is 4.98 Å². The van der Waals surface area contributed by atoms with Crippen LogP contribution < -0.4 is 4.83 Å². The van der Waals surface area contributed by atoms with Gasteiger partial charge in [0.25, 0.3) is 0 Å². The molecule has 0 aliphatic heterocycles. The van der Waals surface area contributed by atoms with E-state index in [1.807, 2.05) is 0 Å². The van der Waals surface area contributed by atoms with E-state index in [0.717, 1.165) is 17.4 Å². The van der Waals surface area contributed by atoms with Gasteiger partial charge in [0.15, 0.2) is 0 Å². The van der Waals surface area contributed by atoms with E-state index < -0.39 is 10.3 Å². The Labute approximate surface area is 85.0 Å². The van der Waals surface area contributed by atoms with Gasteiger partial charge in [0, 0.05) is 0 Å². The molecule has 1 heterocycles. The molecule has 0 atom stereocenters. The Balaban J connectivity index is 0.000001000. The van der Waals surface area contributed by atoms with Crippen molar-refractivity contribution in [1.29, 1.82) is 0 Å². The number of hydrogen-bond acceptors (Lipinski definition) is 4. The summed E-state index contributed by atoms with van der Waals surface area (Å²) in [5.74, 6) is 0. The predicted molar refractivity (Wildman–Crippen MR) is 38.1 cm³/mol. The molecule has 0 amide bonds. The molecule has 11 heavy (non-hydrogen) atoms. The summed E-state index contributed by atoms with van der Waals surface area (Å²) in [6.45, 7) is 0. The zero-order valence-electron chi connectivity index (χ0n) is 4.67. The van der Waals surface area contributed by atoms with Crippen molar-refractivity contribution >= 4 is 39.9 Å². The molecule has 0 spiro atoms. The molecule has 0 saturated carbocycles. The van der Waals surface area contributed by atoms with Gasteiger partial charge in [-0.2, -0.15) is 18.0 Å². The van der Waals surface area contributed by atoms with E-state index in [2.05, 4.69) is 10.1 Å². The second kappa shape index (κ2) is 4.02. The van der Waals surface area contributed by atoms with Gasteiger partial charge in [0.1, 0.15) is 12.7 Å². The standard InChI is InChI=1S/C2H4N4O3S.Na.H/c7-10(8,9)5-6-2-3-1-4-6;;/h1-2,5H,(H,7,8,9);;. The molecule has 0 aromatic carbocycles. The molecule has 9 heteroatoms. The van der Waals surface area contributed by atoms with E-state index in [9.17, 15) is 8.42 Å². The van der Waals surface area contributed by atoms with E-state index in [1.165, 1.54) is 0 Å². The van der Waals surface area contributed by atoms with E-state index in [-0.39, 0.29) is 29.6 Å². The molecule has 58 valence electrons. The fourth-order valence-corrected chi connectivity index (χ4v) is 0.704. The molecule has 1 rings (SSSR count). The summed E-state index contributed by atoms with van der Waals surface area (Å²) in [7, 11) is -4.24. The molecule has 1 aromatic heterocycles. The molecule has 0 aliphatic carbocycles. The summed E-state index contributed by atoms with van der Waals surface area (Å²) in [4.78, 5) is 5.81. The van der Waals surface area contributed by atoms with Crippen LogP contribution in [0.4, 0.5) is 0 Å². The van der Waals surface area contributed by atoms with E-state index >= 15 is 0 Å². The fourth-order valence-electron chi connectivity index (χ4n) is 0.374. The van der Waals surface area contributed by atoms with Crippen LogP contribution in [0.25, 0.3) is 0 Å². The van der Waals surface area contributed by atoms with Crippen LogP contribution in [-0.2, 0) is 10.3 Å². The van der Waals surface area contributed by atoms with Gasteiger partial charge in [0.05, 0.1) is 0 Å². The van der Waals surface area contributed by atoms with Crippen LogP contribution in [0.2, 0.25) is 0 Å². The van der Waals surface area contributed by atoms with Gasteiger partial charge < -0.3 is 0 Å². The second-order valence-corrected chi connectivity index (χ2v) is 2.54. The summed E-state index contributed by atoms with van der Waals surface area (Å²) >= 11 is 0. The summed E-state index contributed by atoms with van der Waals surface area (Å²) in [6.07, 6.45) is 2.21. The summed E-state index contributed by atoms with van der Waals surface area (Å²) in [5, 5.41) is 3.36. The summed E-state index contributed by atoms with van der Waals surface area (Å²) < 4.78 is 28.3. The second-order valence-electron chi connectivity index (χ2n) is 1.41. The molecule has 0 bridgehead atoms. The van der Waals surface area contributed by atoms with Crippen LogP contribution in [0.3, 0.4) is 0 Å². The van der Waals surface area contributed by atoms with Gasteiger partial charge in [-0.05, 0) is 0 Å². The molecule has 1 aromatic rings. The normalized spacial score (nSPS) is 10.3. The van der Waals surface area contributed by atoms with Gasteiger partial charge in [-0.1, -0.05) is 0 Å². The Morgan fingerprint density at radius 1 is 1.55 bits per heavy atom. The third kappa shape index (κ3) is 4.32. The van der Waals surface area contributed by atoms with Crippen LogP contribution >= 0.6 is 0 Å². The molecule has 0 fully saturated rings. The minimum atomic E-state index is -4.24. The average molecular weight is 188 g/mol. The number of hydrogen-bond donors (Lipinski definition) is 2. The molecule has 0 aliphatic rings. The van der Waals surface area contributed by atoms with Crippen LogP contribution in [0.15, 0.2) is 12.7 Å². The van der Waals surface area contributed by atoms with Gasteiger partial charge in [0.2, 0.25) is 0 Å². The third-order valence-corrected chi connectivity index (χ3v) is 1.05. The van der Waals surface area contributed by atoms with E-state index in [0.29, 0.717) is 0 Å². The van der Waals surface area contributed by atoms with Crippen LogP contribution in [-0.4, -0.2) is 57.4 Å². The van der Waals surface area contributed by atoms with Crippen LogP contribution in [0, 0.1) is 0 Å². The van der Waals surface area contributed by atoms with E-state index in [1.54, 1.807) is 4.83 Å². The van der Waals surface area contributed by atoms with Crippen molar-refractivity contribution in [2.75, 3.05) is 4.83 Å². The van der Waals surface area contributed by atoms with Crippen molar-refractivity contribution < 1.29 is 13.0 Å². The number of rotatable bonds is 2. The summed E-state index contributed by atoms with van der Waals surface area (Å²) in [5.41, 5.74) is 0. The molecule has 0 radical (unpaired) electrons. The first kappa shape index (κ1) is 10.8. The van der Waals surface area contributed by atoms with Crippen molar-refractivity contribution in [2.24, 2.45) is 0 Å².